The molecule has 2 amide bonds. The normalized spacial score (nSPS) is 17.3. The number of ether oxygens (including phenoxy) is 1. The Labute approximate surface area is 145 Å². The van der Waals surface area contributed by atoms with E-state index in [0.29, 0.717) is 18.1 Å². The number of urea groups is 1. The Morgan fingerprint density at radius 3 is 2.75 bits per heavy atom. The number of halogens is 1. The van der Waals surface area contributed by atoms with Crippen molar-refractivity contribution < 1.29 is 14.6 Å². The van der Waals surface area contributed by atoms with E-state index < -0.39 is 6.04 Å². The van der Waals surface area contributed by atoms with E-state index in [1.165, 1.54) is 0 Å². The minimum atomic E-state index is -0.487. The van der Waals surface area contributed by atoms with Crippen molar-refractivity contribution in [1.82, 2.24) is 10.6 Å². The number of aliphatic hydroxyl groups is 1. The van der Waals surface area contributed by atoms with Gasteiger partial charge in [-0.15, -0.1) is 0 Å². The number of para-hydroxylation sites is 1. The van der Waals surface area contributed by atoms with Crippen molar-refractivity contribution in [1.29, 1.82) is 0 Å². The fraction of sp³-hybridized carbons (Fsp3) is 0.278. The summed E-state index contributed by atoms with van der Waals surface area (Å²) >= 11 is 5.86. The minimum absolute atomic E-state index is 0.107. The van der Waals surface area contributed by atoms with Crippen molar-refractivity contribution in [2.24, 2.45) is 0 Å². The fourth-order valence-corrected chi connectivity index (χ4v) is 2.86. The zero-order valence-corrected chi connectivity index (χ0v) is 13.8. The molecule has 0 fully saturated rings. The number of carbonyl (C=O) groups excluding carboxylic acids is 1. The Morgan fingerprint density at radius 1 is 1.25 bits per heavy atom. The molecule has 2 aromatic carbocycles. The first-order valence-electron chi connectivity index (χ1n) is 7.80. The zero-order valence-electron chi connectivity index (χ0n) is 13.0. The van der Waals surface area contributed by atoms with Gasteiger partial charge < -0.3 is 20.5 Å². The van der Waals surface area contributed by atoms with Crippen molar-refractivity contribution in [3.8, 4) is 5.75 Å². The molecule has 2 atom stereocenters. The summed E-state index contributed by atoms with van der Waals surface area (Å²) in [4.78, 5) is 12.2. The molecule has 126 valence electrons. The summed E-state index contributed by atoms with van der Waals surface area (Å²) in [6, 6.07) is 13.9. The molecule has 1 aliphatic rings. The highest BCUT2D eigenvalue weighted by atomic mass is 35.5. The third-order valence-electron chi connectivity index (χ3n) is 3.97. The summed E-state index contributed by atoms with van der Waals surface area (Å²) in [7, 11) is 0. The quantitative estimate of drug-likeness (QED) is 0.797. The third-order valence-corrected chi connectivity index (χ3v) is 4.23. The molecule has 2 unspecified atom stereocenters. The van der Waals surface area contributed by atoms with E-state index in [2.05, 4.69) is 10.6 Å². The van der Waals surface area contributed by atoms with Gasteiger partial charge in [-0.3, -0.25) is 0 Å². The van der Waals surface area contributed by atoms with E-state index in [1.54, 1.807) is 24.3 Å². The molecule has 0 aromatic heterocycles. The summed E-state index contributed by atoms with van der Waals surface area (Å²) < 4.78 is 5.66. The van der Waals surface area contributed by atoms with Crippen LogP contribution >= 0.6 is 11.6 Å². The molecule has 6 heteroatoms. The van der Waals surface area contributed by atoms with E-state index in [1.807, 2.05) is 24.3 Å². The molecule has 0 saturated heterocycles. The predicted molar refractivity (Wildman–Crippen MR) is 92.4 cm³/mol. The van der Waals surface area contributed by atoms with Crippen molar-refractivity contribution in [2.75, 3.05) is 13.2 Å². The molecule has 0 radical (unpaired) electrons. The lowest BCUT2D eigenvalue weighted by atomic mass is 10.0. The lowest BCUT2D eigenvalue weighted by Crippen LogP contribution is -2.48. The van der Waals surface area contributed by atoms with Gasteiger partial charge >= 0.3 is 6.03 Å². The van der Waals surface area contributed by atoms with Gasteiger partial charge in [0.15, 0.2) is 0 Å². The summed E-state index contributed by atoms with van der Waals surface area (Å²) in [5.41, 5.74) is 1.87. The lowest BCUT2D eigenvalue weighted by Gasteiger charge is -2.27. The fourth-order valence-electron chi connectivity index (χ4n) is 2.74. The van der Waals surface area contributed by atoms with Crippen molar-refractivity contribution in [2.45, 2.75) is 18.5 Å². The van der Waals surface area contributed by atoms with Gasteiger partial charge in [0.25, 0.3) is 0 Å². The van der Waals surface area contributed by atoms with E-state index in [4.69, 9.17) is 16.3 Å². The highest BCUT2D eigenvalue weighted by Gasteiger charge is 2.22. The average molecular weight is 347 g/mol. The second kappa shape index (κ2) is 7.55. The largest absolute Gasteiger partial charge is 0.491 e. The SMILES string of the molecule is O=C(NC1COc2ccccc2C1)NC(CO)c1ccc(Cl)cc1. The number of nitrogens with one attached hydrogen (secondary N) is 2. The highest BCUT2D eigenvalue weighted by molar-refractivity contribution is 6.30. The molecule has 0 saturated carbocycles. The molecular formula is C18H19ClN2O3. The molecule has 3 N–H and O–H groups in total. The van der Waals surface area contributed by atoms with Gasteiger partial charge in [0.1, 0.15) is 12.4 Å². The maximum atomic E-state index is 12.2. The number of rotatable bonds is 4. The van der Waals surface area contributed by atoms with Crippen LogP contribution in [-0.4, -0.2) is 30.4 Å². The van der Waals surface area contributed by atoms with Gasteiger partial charge in [-0.2, -0.15) is 0 Å². The summed E-state index contributed by atoms with van der Waals surface area (Å²) in [6.45, 7) is 0.230. The standard InChI is InChI=1S/C18H19ClN2O3/c19-14-7-5-12(6-8-14)16(10-22)21-18(23)20-15-9-13-3-1-2-4-17(13)24-11-15/h1-8,15-16,22H,9-11H2,(H2,20,21,23). The van der Waals surface area contributed by atoms with Crippen LogP contribution in [0.4, 0.5) is 4.79 Å². The van der Waals surface area contributed by atoms with Crippen LogP contribution in [0, 0.1) is 0 Å². The van der Waals surface area contributed by atoms with Crippen molar-refractivity contribution >= 4 is 17.6 Å². The maximum absolute atomic E-state index is 12.2. The van der Waals surface area contributed by atoms with Gasteiger partial charge in [-0.05, 0) is 35.7 Å². The second-order valence-electron chi connectivity index (χ2n) is 5.72. The topological polar surface area (TPSA) is 70.6 Å². The van der Waals surface area contributed by atoms with Crippen molar-refractivity contribution in [3.05, 3.63) is 64.7 Å². The van der Waals surface area contributed by atoms with Crippen LogP contribution in [0.1, 0.15) is 17.2 Å². The molecule has 1 heterocycles. The molecule has 1 aliphatic heterocycles. The molecule has 3 rings (SSSR count). The summed E-state index contributed by atoms with van der Waals surface area (Å²) in [6.07, 6.45) is 0.717. The molecule has 24 heavy (non-hydrogen) atoms. The van der Waals surface area contributed by atoms with E-state index in [0.717, 1.165) is 16.9 Å². The highest BCUT2D eigenvalue weighted by Crippen LogP contribution is 2.24. The van der Waals surface area contributed by atoms with Crippen LogP contribution in [0.2, 0.25) is 5.02 Å². The van der Waals surface area contributed by atoms with Gasteiger partial charge in [0, 0.05) is 5.02 Å². The Kier molecular flexibility index (Phi) is 5.23. The molecule has 0 spiro atoms. The average Bonchev–Trinajstić information content (AvgIpc) is 2.60. The maximum Gasteiger partial charge on any atom is 0.315 e. The number of hydrogen-bond donors (Lipinski definition) is 3. The Bertz CT molecular complexity index is 706. The number of amides is 2. The number of hydrogen-bond acceptors (Lipinski definition) is 3. The summed E-state index contributed by atoms with van der Waals surface area (Å²) in [5.74, 6) is 0.866. The van der Waals surface area contributed by atoms with Crippen LogP contribution in [0.25, 0.3) is 0 Å². The number of aliphatic hydroxyl groups excluding tert-OH is 1. The Morgan fingerprint density at radius 2 is 2.00 bits per heavy atom. The van der Waals surface area contributed by atoms with Crippen LogP contribution in [0.5, 0.6) is 5.75 Å². The second-order valence-corrected chi connectivity index (χ2v) is 6.16. The van der Waals surface area contributed by atoms with Gasteiger partial charge in [0.05, 0.1) is 18.7 Å². The first-order valence-corrected chi connectivity index (χ1v) is 8.17. The lowest BCUT2D eigenvalue weighted by molar-refractivity contribution is 0.201. The van der Waals surface area contributed by atoms with Crippen LogP contribution in [0.15, 0.2) is 48.5 Å². The monoisotopic (exact) mass is 346 g/mol. The predicted octanol–water partition coefficient (Wildman–Crippen LogP) is 2.68. The molecule has 5 nitrogen and oxygen atoms in total. The molecule has 0 bridgehead atoms. The Hall–Kier alpha value is -2.24. The molecule has 2 aromatic rings. The first kappa shape index (κ1) is 16.6. The van der Waals surface area contributed by atoms with E-state index in [-0.39, 0.29) is 18.7 Å². The number of fused-ring (bicyclic) bond motifs is 1. The van der Waals surface area contributed by atoms with Crippen LogP contribution in [0.3, 0.4) is 0 Å². The van der Waals surface area contributed by atoms with Gasteiger partial charge in [-0.1, -0.05) is 41.9 Å². The van der Waals surface area contributed by atoms with Crippen LogP contribution in [-0.2, 0) is 6.42 Å². The van der Waals surface area contributed by atoms with Crippen LogP contribution < -0.4 is 15.4 Å². The smallest absolute Gasteiger partial charge is 0.315 e. The third kappa shape index (κ3) is 3.99. The van der Waals surface area contributed by atoms with E-state index in [9.17, 15) is 9.90 Å². The van der Waals surface area contributed by atoms with Gasteiger partial charge in [0.2, 0.25) is 0 Å². The zero-order chi connectivity index (χ0) is 16.9. The number of benzene rings is 2. The van der Waals surface area contributed by atoms with E-state index >= 15 is 0 Å². The van der Waals surface area contributed by atoms with Crippen molar-refractivity contribution in [3.63, 3.8) is 0 Å². The Balaban J connectivity index is 1.58. The molecular weight excluding hydrogens is 328 g/mol. The van der Waals surface area contributed by atoms with Gasteiger partial charge in [-0.25, -0.2) is 4.79 Å². The molecule has 0 aliphatic carbocycles. The first-order chi connectivity index (χ1) is 11.7. The number of carbonyl (C=O) groups is 1. The minimum Gasteiger partial charge on any atom is -0.491 e. The summed E-state index contributed by atoms with van der Waals surface area (Å²) in [5, 5.41) is 15.8.